The first-order valence-electron chi connectivity index (χ1n) is 3.87. The van der Waals surface area contributed by atoms with Gasteiger partial charge in [0.2, 0.25) is 0 Å². The fraction of sp³-hybridized carbons (Fsp3) is 0.875. The fourth-order valence-electron chi connectivity index (χ4n) is 1.68. The highest BCUT2D eigenvalue weighted by Crippen LogP contribution is 2.29. The molecule has 0 spiro atoms. The third kappa shape index (κ3) is 0.911. The van der Waals surface area contributed by atoms with Gasteiger partial charge in [-0.3, -0.25) is 4.90 Å². The van der Waals surface area contributed by atoms with Crippen LogP contribution in [-0.4, -0.2) is 24.0 Å². The molecule has 1 atom stereocenters. The predicted octanol–water partition coefficient (Wildman–Crippen LogP) is 1.38. The van der Waals surface area contributed by atoms with Crippen LogP contribution in [0.4, 0.5) is 0 Å². The summed E-state index contributed by atoms with van der Waals surface area (Å²) in [6.45, 7) is 3.17. The molecule has 0 saturated carbocycles. The molecular weight excluding hydrogens is 124 g/mol. The van der Waals surface area contributed by atoms with Crippen molar-refractivity contribution in [2.45, 2.75) is 31.7 Å². The monoisotopic (exact) mass is 138 g/mol. The van der Waals surface area contributed by atoms with Gasteiger partial charge < -0.3 is 0 Å². The Bertz CT molecular complexity index is 159. The summed E-state index contributed by atoms with van der Waals surface area (Å²) in [6.07, 6.45) is 3.19. The highest BCUT2D eigenvalue weighted by atomic mass is 15.2. The zero-order valence-electron chi connectivity index (χ0n) is 6.72. The lowest BCUT2D eigenvalue weighted by molar-refractivity contribution is 0.231. The molecule has 0 aromatic carbocycles. The maximum atomic E-state index is 8.90. The van der Waals surface area contributed by atoms with Gasteiger partial charge in [0.05, 0.1) is 6.07 Å². The summed E-state index contributed by atoms with van der Waals surface area (Å²) < 4.78 is 0. The minimum Gasteiger partial charge on any atom is -0.289 e. The van der Waals surface area contributed by atoms with Crippen LogP contribution in [0, 0.1) is 11.3 Å². The van der Waals surface area contributed by atoms with Crippen LogP contribution in [0.25, 0.3) is 0 Å². The Balaban J connectivity index is 2.74. The molecule has 2 heteroatoms. The molecule has 0 aliphatic carbocycles. The fourth-order valence-corrected chi connectivity index (χ4v) is 1.68. The smallest absolute Gasteiger partial charge is 0.108 e. The summed E-state index contributed by atoms with van der Waals surface area (Å²) in [6, 6.07) is 2.40. The quantitative estimate of drug-likeness (QED) is 0.547. The Morgan fingerprint density at radius 3 is 2.60 bits per heavy atom. The number of hydrogen-bond acceptors (Lipinski definition) is 2. The van der Waals surface area contributed by atoms with Crippen LogP contribution >= 0.6 is 0 Å². The lowest BCUT2D eigenvalue weighted by Gasteiger charge is -2.27. The van der Waals surface area contributed by atoms with E-state index < -0.39 is 0 Å². The molecule has 0 bridgehead atoms. The second kappa shape index (κ2) is 2.59. The van der Waals surface area contributed by atoms with Crippen LogP contribution in [0.1, 0.15) is 26.2 Å². The average Bonchev–Trinajstić information content (AvgIpc) is 2.32. The van der Waals surface area contributed by atoms with E-state index in [-0.39, 0.29) is 5.54 Å². The average molecular weight is 138 g/mol. The van der Waals surface area contributed by atoms with E-state index in [4.69, 9.17) is 5.26 Å². The minimum absolute atomic E-state index is 0.125. The van der Waals surface area contributed by atoms with Crippen LogP contribution in [0.5, 0.6) is 0 Å². The van der Waals surface area contributed by atoms with E-state index in [1.807, 2.05) is 7.05 Å². The SMILES string of the molecule is CCC1(C#N)CCCN1C. The molecule has 0 radical (unpaired) electrons. The molecule has 1 heterocycles. The molecule has 1 rings (SSSR count). The van der Waals surface area contributed by atoms with E-state index in [1.165, 1.54) is 6.42 Å². The van der Waals surface area contributed by atoms with Gasteiger partial charge in [0.1, 0.15) is 5.54 Å². The number of nitriles is 1. The van der Waals surface area contributed by atoms with E-state index in [1.54, 1.807) is 0 Å². The van der Waals surface area contributed by atoms with Crippen molar-refractivity contribution >= 4 is 0 Å². The van der Waals surface area contributed by atoms with Crippen molar-refractivity contribution < 1.29 is 0 Å². The Morgan fingerprint density at radius 2 is 2.40 bits per heavy atom. The van der Waals surface area contributed by atoms with Gasteiger partial charge in [-0.05, 0) is 32.9 Å². The molecule has 0 amide bonds. The molecule has 0 N–H and O–H groups in total. The van der Waals surface area contributed by atoms with Gasteiger partial charge in [-0.25, -0.2) is 0 Å². The summed E-state index contributed by atoms with van der Waals surface area (Å²) in [5.74, 6) is 0. The van der Waals surface area contributed by atoms with E-state index in [0.29, 0.717) is 0 Å². The van der Waals surface area contributed by atoms with Crippen LogP contribution in [0.15, 0.2) is 0 Å². The molecule has 1 unspecified atom stereocenters. The molecule has 0 aromatic rings. The number of likely N-dealkylation sites (tertiary alicyclic amines) is 1. The molecule has 0 aromatic heterocycles. The van der Waals surface area contributed by atoms with Crippen molar-refractivity contribution in [3.8, 4) is 6.07 Å². The van der Waals surface area contributed by atoms with Crippen molar-refractivity contribution in [1.82, 2.24) is 4.90 Å². The first-order chi connectivity index (χ1) is 4.75. The zero-order chi connectivity index (χ0) is 7.61. The van der Waals surface area contributed by atoms with Crippen LogP contribution in [0.2, 0.25) is 0 Å². The van der Waals surface area contributed by atoms with Crippen LogP contribution < -0.4 is 0 Å². The highest BCUT2D eigenvalue weighted by molar-refractivity contribution is 5.09. The first-order valence-corrected chi connectivity index (χ1v) is 3.87. The third-order valence-electron chi connectivity index (χ3n) is 2.61. The minimum atomic E-state index is -0.125. The molecule has 1 saturated heterocycles. The first kappa shape index (κ1) is 7.56. The molecule has 2 nitrogen and oxygen atoms in total. The van der Waals surface area contributed by atoms with Gasteiger partial charge >= 0.3 is 0 Å². The summed E-state index contributed by atoms with van der Waals surface area (Å²) >= 11 is 0. The van der Waals surface area contributed by atoms with Gasteiger partial charge in [-0.2, -0.15) is 5.26 Å². The summed E-state index contributed by atoms with van der Waals surface area (Å²) in [4.78, 5) is 2.17. The maximum absolute atomic E-state index is 8.90. The lowest BCUT2D eigenvalue weighted by atomic mass is 9.95. The van der Waals surface area contributed by atoms with Crippen LogP contribution in [0.3, 0.4) is 0 Å². The normalized spacial score (nSPS) is 34.1. The van der Waals surface area contributed by atoms with E-state index in [2.05, 4.69) is 17.9 Å². The molecule has 56 valence electrons. The molecule has 1 aliphatic rings. The van der Waals surface area contributed by atoms with Gasteiger partial charge in [-0.15, -0.1) is 0 Å². The van der Waals surface area contributed by atoms with Gasteiger partial charge in [-0.1, -0.05) is 6.92 Å². The lowest BCUT2D eigenvalue weighted by Crippen LogP contribution is -2.38. The summed E-state index contributed by atoms with van der Waals surface area (Å²) in [7, 11) is 2.04. The van der Waals surface area contributed by atoms with Crippen molar-refractivity contribution in [2.24, 2.45) is 0 Å². The molecular formula is C8H14N2. The Hall–Kier alpha value is -0.550. The van der Waals surface area contributed by atoms with E-state index >= 15 is 0 Å². The highest BCUT2D eigenvalue weighted by Gasteiger charge is 2.36. The maximum Gasteiger partial charge on any atom is 0.108 e. The van der Waals surface area contributed by atoms with Crippen molar-refractivity contribution in [3.05, 3.63) is 0 Å². The second-order valence-corrected chi connectivity index (χ2v) is 3.02. The van der Waals surface area contributed by atoms with Gasteiger partial charge in [0.15, 0.2) is 0 Å². The van der Waals surface area contributed by atoms with Crippen molar-refractivity contribution in [1.29, 1.82) is 5.26 Å². The molecule has 1 fully saturated rings. The van der Waals surface area contributed by atoms with Crippen LogP contribution in [-0.2, 0) is 0 Å². The molecule has 1 aliphatic heterocycles. The largest absolute Gasteiger partial charge is 0.289 e. The Kier molecular flexibility index (Phi) is 1.96. The number of nitrogens with zero attached hydrogens (tertiary/aromatic N) is 2. The number of hydrogen-bond donors (Lipinski definition) is 0. The van der Waals surface area contributed by atoms with Gasteiger partial charge in [0, 0.05) is 0 Å². The summed E-state index contributed by atoms with van der Waals surface area (Å²) in [5.41, 5.74) is -0.125. The summed E-state index contributed by atoms with van der Waals surface area (Å²) in [5, 5.41) is 8.90. The van der Waals surface area contributed by atoms with E-state index in [9.17, 15) is 0 Å². The van der Waals surface area contributed by atoms with Gasteiger partial charge in [0.25, 0.3) is 0 Å². The van der Waals surface area contributed by atoms with Crippen molar-refractivity contribution in [2.75, 3.05) is 13.6 Å². The van der Waals surface area contributed by atoms with Crippen molar-refractivity contribution in [3.63, 3.8) is 0 Å². The third-order valence-corrected chi connectivity index (χ3v) is 2.61. The number of rotatable bonds is 1. The standard InChI is InChI=1S/C8H14N2/c1-3-8(7-9)5-4-6-10(8)2/h3-6H2,1-2H3. The Morgan fingerprint density at radius 1 is 1.70 bits per heavy atom. The molecule has 10 heavy (non-hydrogen) atoms. The second-order valence-electron chi connectivity index (χ2n) is 3.02. The predicted molar refractivity (Wildman–Crippen MR) is 40.5 cm³/mol. The Labute approximate surface area is 62.4 Å². The zero-order valence-corrected chi connectivity index (χ0v) is 6.72. The van der Waals surface area contributed by atoms with E-state index in [0.717, 1.165) is 19.4 Å². The topological polar surface area (TPSA) is 27.0 Å².